The van der Waals surface area contributed by atoms with Crippen LogP contribution in [0.5, 0.6) is 0 Å². The lowest BCUT2D eigenvalue weighted by Gasteiger charge is -2.27. The molecular weight excluding hydrogens is 174 g/mol. The summed E-state index contributed by atoms with van der Waals surface area (Å²) in [5.74, 6) is 0. The SMILES string of the molecule is CN(C)C[C@](C)(C=O)c1ccccc1. The summed E-state index contributed by atoms with van der Waals surface area (Å²) in [5, 5.41) is 0. The molecule has 0 aromatic heterocycles. The molecule has 0 fully saturated rings. The monoisotopic (exact) mass is 191 g/mol. The van der Waals surface area contributed by atoms with Gasteiger partial charge in [0, 0.05) is 6.54 Å². The Balaban J connectivity index is 2.96. The van der Waals surface area contributed by atoms with Gasteiger partial charge >= 0.3 is 0 Å². The number of carbonyl (C=O) groups is 1. The Morgan fingerprint density at radius 3 is 2.29 bits per heavy atom. The van der Waals surface area contributed by atoms with Gasteiger partial charge in [-0.1, -0.05) is 30.3 Å². The molecule has 0 aliphatic carbocycles. The molecule has 76 valence electrons. The maximum atomic E-state index is 11.1. The van der Waals surface area contributed by atoms with E-state index in [2.05, 4.69) is 0 Å². The van der Waals surface area contributed by atoms with Gasteiger partial charge in [-0.15, -0.1) is 0 Å². The zero-order valence-electron chi connectivity index (χ0n) is 9.03. The lowest BCUT2D eigenvalue weighted by Crippen LogP contribution is -2.36. The summed E-state index contributed by atoms with van der Waals surface area (Å²) in [6.45, 7) is 2.70. The highest BCUT2D eigenvalue weighted by molar-refractivity contribution is 5.68. The Morgan fingerprint density at radius 2 is 1.86 bits per heavy atom. The van der Waals surface area contributed by atoms with Crippen molar-refractivity contribution in [2.45, 2.75) is 12.3 Å². The predicted molar refractivity (Wildman–Crippen MR) is 58.4 cm³/mol. The average molecular weight is 191 g/mol. The molecule has 0 spiro atoms. The van der Waals surface area contributed by atoms with E-state index in [0.717, 1.165) is 18.4 Å². The molecule has 1 atom stereocenters. The number of carbonyl (C=O) groups excluding carboxylic acids is 1. The molecule has 0 saturated heterocycles. The van der Waals surface area contributed by atoms with Gasteiger partial charge in [-0.05, 0) is 26.6 Å². The van der Waals surface area contributed by atoms with Crippen LogP contribution in [0.15, 0.2) is 30.3 Å². The van der Waals surface area contributed by atoms with Crippen LogP contribution in [0.1, 0.15) is 12.5 Å². The van der Waals surface area contributed by atoms with Gasteiger partial charge in [0.05, 0.1) is 5.41 Å². The van der Waals surface area contributed by atoms with Crippen molar-refractivity contribution in [2.24, 2.45) is 0 Å². The highest BCUT2D eigenvalue weighted by atomic mass is 16.1. The summed E-state index contributed by atoms with van der Waals surface area (Å²) in [7, 11) is 3.95. The van der Waals surface area contributed by atoms with E-state index in [4.69, 9.17) is 0 Å². The molecule has 0 aliphatic rings. The second-order valence-corrected chi connectivity index (χ2v) is 4.14. The highest BCUT2D eigenvalue weighted by Gasteiger charge is 2.26. The quantitative estimate of drug-likeness (QED) is 0.675. The number of benzene rings is 1. The fraction of sp³-hybridized carbons (Fsp3) is 0.417. The zero-order chi connectivity index (χ0) is 10.6. The minimum Gasteiger partial charge on any atom is -0.308 e. The van der Waals surface area contributed by atoms with E-state index < -0.39 is 5.41 Å². The summed E-state index contributed by atoms with van der Waals surface area (Å²) in [6.07, 6.45) is 1.03. The second-order valence-electron chi connectivity index (χ2n) is 4.14. The Morgan fingerprint density at radius 1 is 1.29 bits per heavy atom. The Bertz CT molecular complexity index is 294. The fourth-order valence-corrected chi connectivity index (χ4v) is 1.67. The van der Waals surface area contributed by atoms with Gasteiger partial charge in [-0.2, -0.15) is 0 Å². The number of aldehydes is 1. The third-order valence-corrected chi connectivity index (χ3v) is 2.34. The predicted octanol–water partition coefficient (Wildman–Crippen LogP) is 1.70. The lowest BCUT2D eigenvalue weighted by atomic mass is 9.84. The van der Waals surface area contributed by atoms with Gasteiger partial charge in [-0.25, -0.2) is 0 Å². The first kappa shape index (κ1) is 10.9. The Kier molecular flexibility index (Phi) is 3.42. The molecule has 14 heavy (non-hydrogen) atoms. The Hall–Kier alpha value is -1.15. The van der Waals surface area contributed by atoms with E-state index in [1.54, 1.807) is 0 Å². The van der Waals surface area contributed by atoms with Crippen LogP contribution in [0.3, 0.4) is 0 Å². The fourth-order valence-electron chi connectivity index (χ4n) is 1.67. The van der Waals surface area contributed by atoms with Crippen LogP contribution >= 0.6 is 0 Å². The minimum atomic E-state index is -0.398. The van der Waals surface area contributed by atoms with Gasteiger partial charge in [0.2, 0.25) is 0 Å². The van der Waals surface area contributed by atoms with Gasteiger partial charge in [0.15, 0.2) is 0 Å². The molecule has 0 N–H and O–H groups in total. The van der Waals surface area contributed by atoms with E-state index in [-0.39, 0.29) is 0 Å². The van der Waals surface area contributed by atoms with Crippen LogP contribution in [0.2, 0.25) is 0 Å². The molecule has 0 saturated carbocycles. The second kappa shape index (κ2) is 4.38. The third kappa shape index (κ3) is 2.42. The molecule has 0 amide bonds. The molecule has 0 heterocycles. The van der Waals surface area contributed by atoms with Crippen molar-refractivity contribution < 1.29 is 4.79 Å². The maximum absolute atomic E-state index is 11.1. The molecule has 1 aromatic carbocycles. The molecular formula is C12H17NO. The summed E-state index contributed by atoms with van der Waals surface area (Å²) < 4.78 is 0. The normalized spacial score (nSPS) is 15.1. The summed E-state index contributed by atoms with van der Waals surface area (Å²) >= 11 is 0. The van der Waals surface area contributed by atoms with Crippen LogP contribution < -0.4 is 0 Å². The summed E-state index contributed by atoms with van der Waals surface area (Å²) in [5.41, 5.74) is 0.675. The van der Waals surface area contributed by atoms with Gasteiger partial charge in [0.1, 0.15) is 6.29 Å². The smallest absolute Gasteiger partial charge is 0.131 e. The van der Waals surface area contributed by atoms with Crippen molar-refractivity contribution in [1.29, 1.82) is 0 Å². The third-order valence-electron chi connectivity index (χ3n) is 2.34. The van der Waals surface area contributed by atoms with Crippen LogP contribution in [0, 0.1) is 0 Å². The number of hydrogen-bond donors (Lipinski definition) is 0. The Labute approximate surface area is 85.5 Å². The minimum absolute atomic E-state index is 0.398. The van der Waals surface area contributed by atoms with Crippen molar-refractivity contribution >= 4 is 6.29 Å². The molecule has 0 unspecified atom stereocenters. The summed E-state index contributed by atoms with van der Waals surface area (Å²) in [4.78, 5) is 13.2. The number of rotatable bonds is 4. The molecule has 0 radical (unpaired) electrons. The molecule has 1 rings (SSSR count). The molecule has 0 bridgehead atoms. The van der Waals surface area contributed by atoms with Crippen molar-refractivity contribution in [3.05, 3.63) is 35.9 Å². The van der Waals surface area contributed by atoms with Crippen LogP contribution in [0.4, 0.5) is 0 Å². The van der Waals surface area contributed by atoms with Crippen LogP contribution in [-0.2, 0) is 10.2 Å². The molecule has 1 aromatic rings. The van der Waals surface area contributed by atoms with E-state index in [9.17, 15) is 4.79 Å². The molecule has 2 heteroatoms. The first-order valence-corrected chi connectivity index (χ1v) is 4.75. The molecule has 0 aliphatic heterocycles. The van der Waals surface area contributed by atoms with E-state index in [0.29, 0.717) is 0 Å². The van der Waals surface area contributed by atoms with Crippen molar-refractivity contribution in [3.8, 4) is 0 Å². The van der Waals surface area contributed by atoms with Gasteiger partial charge in [0.25, 0.3) is 0 Å². The van der Waals surface area contributed by atoms with Gasteiger partial charge in [-0.3, -0.25) is 0 Å². The van der Waals surface area contributed by atoms with Crippen LogP contribution in [0.25, 0.3) is 0 Å². The van der Waals surface area contributed by atoms with E-state index >= 15 is 0 Å². The van der Waals surface area contributed by atoms with E-state index in [1.807, 2.05) is 56.3 Å². The number of nitrogens with zero attached hydrogens (tertiary/aromatic N) is 1. The first-order valence-electron chi connectivity index (χ1n) is 4.75. The average Bonchev–Trinajstić information content (AvgIpc) is 2.18. The lowest BCUT2D eigenvalue weighted by molar-refractivity contribution is -0.112. The van der Waals surface area contributed by atoms with Crippen molar-refractivity contribution in [1.82, 2.24) is 4.90 Å². The summed E-state index contributed by atoms with van der Waals surface area (Å²) in [6, 6.07) is 9.89. The van der Waals surface area contributed by atoms with Crippen molar-refractivity contribution in [2.75, 3.05) is 20.6 Å². The standard InChI is InChI=1S/C12H17NO/c1-12(10-14,9-13(2)3)11-7-5-4-6-8-11/h4-8,10H,9H2,1-3H3/t12-/m1/s1. The number of hydrogen-bond acceptors (Lipinski definition) is 2. The first-order chi connectivity index (χ1) is 6.58. The topological polar surface area (TPSA) is 20.3 Å². The van der Waals surface area contributed by atoms with Gasteiger partial charge < -0.3 is 9.69 Å². The molecule has 2 nitrogen and oxygen atoms in total. The van der Waals surface area contributed by atoms with Crippen LogP contribution in [-0.4, -0.2) is 31.8 Å². The van der Waals surface area contributed by atoms with Crippen molar-refractivity contribution in [3.63, 3.8) is 0 Å². The zero-order valence-corrected chi connectivity index (χ0v) is 9.03. The number of likely N-dealkylation sites (N-methyl/N-ethyl adjacent to an activating group) is 1. The van der Waals surface area contributed by atoms with E-state index in [1.165, 1.54) is 0 Å². The largest absolute Gasteiger partial charge is 0.308 e. The highest BCUT2D eigenvalue weighted by Crippen LogP contribution is 2.21. The maximum Gasteiger partial charge on any atom is 0.131 e.